The zero-order valence-electron chi connectivity index (χ0n) is 13.6. The van der Waals surface area contributed by atoms with E-state index in [1.165, 1.54) is 10.7 Å². The van der Waals surface area contributed by atoms with E-state index in [9.17, 15) is 13.6 Å². The zero-order chi connectivity index (χ0) is 18.3. The third-order valence-corrected chi connectivity index (χ3v) is 5.09. The van der Waals surface area contributed by atoms with E-state index in [2.05, 4.69) is 33.0 Å². The van der Waals surface area contributed by atoms with Crippen LogP contribution in [0.15, 0.2) is 24.3 Å². The molecule has 138 valence electrons. The third kappa shape index (κ3) is 3.49. The van der Waals surface area contributed by atoms with Crippen molar-refractivity contribution in [2.24, 2.45) is 0 Å². The van der Waals surface area contributed by atoms with Gasteiger partial charge in [-0.1, -0.05) is 0 Å². The van der Waals surface area contributed by atoms with Crippen LogP contribution in [0.4, 0.5) is 8.78 Å². The van der Waals surface area contributed by atoms with Crippen LogP contribution in [-0.2, 0) is 13.0 Å². The van der Waals surface area contributed by atoms with Crippen molar-refractivity contribution in [1.82, 2.24) is 15.1 Å². The van der Waals surface area contributed by atoms with Crippen LogP contribution in [0.25, 0.3) is 0 Å². The number of hydrogen-bond donors (Lipinski definition) is 1. The Kier molecular flexibility index (Phi) is 4.72. The van der Waals surface area contributed by atoms with Crippen molar-refractivity contribution in [3.05, 3.63) is 39.1 Å². The number of fused-ring (bicyclic) bond motifs is 2. The van der Waals surface area contributed by atoms with E-state index < -0.39 is 12.5 Å². The molecule has 2 aliphatic heterocycles. The number of hydrogen-bond acceptors (Lipinski definition) is 4. The number of carbonyl (C=O) groups is 1. The molecule has 4 rings (SSSR count). The summed E-state index contributed by atoms with van der Waals surface area (Å²) in [5.41, 5.74) is 1.20. The Morgan fingerprint density at radius 2 is 2.23 bits per heavy atom. The second-order valence-electron chi connectivity index (χ2n) is 6.31. The molecule has 1 aromatic carbocycles. The summed E-state index contributed by atoms with van der Waals surface area (Å²) in [6, 6.07) is 7.16. The van der Waals surface area contributed by atoms with Gasteiger partial charge in [0.15, 0.2) is 11.8 Å². The van der Waals surface area contributed by atoms with Gasteiger partial charge in [0, 0.05) is 22.6 Å². The number of carbonyl (C=O) groups excluding carboxylic acids is 1. The molecule has 2 aliphatic rings. The van der Waals surface area contributed by atoms with Gasteiger partial charge in [-0.2, -0.15) is 5.10 Å². The Labute approximate surface area is 162 Å². The summed E-state index contributed by atoms with van der Waals surface area (Å²) >= 11 is 2.23. The molecule has 0 aliphatic carbocycles. The lowest BCUT2D eigenvalue weighted by Crippen LogP contribution is -2.42. The number of benzene rings is 1. The van der Waals surface area contributed by atoms with Gasteiger partial charge in [0.1, 0.15) is 12.4 Å². The molecule has 0 spiro atoms. The lowest BCUT2D eigenvalue weighted by atomic mass is 10.0. The van der Waals surface area contributed by atoms with Crippen LogP contribution < -0.4 is 14.8 Å². The number of nitrogens with one attached hydrogen (secondary N) is 1. The first-order chi connectivity index (χ1) is 12.5. The van der Waals surface area contributed by atoms with Crippen molar-refractivity contribution in [2.75, 3.05) is 6.61 Å². The fourth-order valence-corrected chi connectivity index (χ4v) is 3.68. The number of alkyl halides is 2. The van der Waals surface area contributed by atoms with E-state index in [0.717, 1.165) is 14.9 Å². The number of halogens is 3. The summed E-state index contributed by atoms with van der Waals surface area (Å²) in [5, 5.41) is 7.05. The van der Waals surface area contributed by atoms with Crippen LogP contribution in [0.5, 0.6) is 11.6 Å². The average Bonchev–Trinajstić information content (AvgIpc) is 3.04. The second kappa shape index (κ2) is 7.01. The van der Waals surface area contributed by atoms with Crippen molar-refractivity contribution in [1.29, 1.82) is 0 Å². The number of rotatable bonds is 3. The summed E-state index contributed by atoms with van der Waals surface area (Å²) in [4.78, 5) is 12.5. The SMILES string of the molecule is O=C(N[C@H]1COc2ccc(I)cc2C1)c1cc2n(n1)CCC(C(F)F)O2. The molecule has 3 heterocycles. The molecule has 1 aromatic heterocycles. The Bertz CT molecular complexity index is 843. The fourth-order valence-electron chi connectivity index (χ4n) is 3.12. The maximum Gasteiger partial charge on any atom is 0.274 e. The minimum Gasteiger partial charge on any atom is -0.491 e. The highest BCUT2D eigenvalue weighted by atomic mass is 127. The Morgan fingerprint density at radius 3 is 3.04 bits per heavy atom. The van der Waals surface area contributed by atoms with E-state index in [4.69, 9.17) is 9.47 Å². The molecular weight excluding hydrogens is 459 g/mol. The van der Waals surface area contributed by atoms with E-state index >= 15 is 0 Å². The Hall–Kier alpha value is -1.91. The summed E-state index contributed by atoms with van der Waals surface area (Å²) in [5.74, 6) is 0.665. The minimum absolute atomic E-state index is 0.156. The van der Waals surface area contributed by atoms with Crippen LogP contribution in [-0.4, -0.2) is 40.9 Å². The van der Waals surface area contributed by atoms with Crippen molar-refractivity contribution >= 4 is 28.5 Å². The monoisotopic (exact) mass is 475 g/mol. The third-order valence-electron chi connectivity index (χ3n) is 4.42. The van der Waals surface area contributed by atoms with Crippen LogP contribution in [0.3, 0.4) is 0 Å². The smallest absolute Gasteiger partial charge is 0.274 e. The quantitative estimate of drug-likeness (QED) is 0.694. The number of aromatic nitrogens is 2. The Balaban J connectivity index is 1.43. The fraction of sp³-hybridized carbons (Fsp3) is 0.412. The molecule has 0 fully saturated rings. The van der Waals surface area contributed by atoms with Crippen LogP contribution in [0.2, 0.25) is 0 Å². The van der Waals surface area contributed by atoms with Gasteiger partial charge in [0.05, 0.1) is 6.04 Å². The maximum atomic E-state index is 12.8. The summed E-state index contributed by atoms with van der Waals surface area (Å²) in [6.45, 7) is 0.673. The second-order valence-corrected chi connectivity index (χ2v) is 7.55. The van der Waals surface area contributed by atoms with Gasteiger partial charge in [0.2, 0.25) is 5.88 Å². The highest BCUT2D eigenvalue weighted by Crippen LogP contribution is 2.27. The first kappa shape index (κ1) is 17.5. The lowest BCUT2D eigenvalue weighted by molar-refractivity contribution is -0.0135. The van der Waals surface area contributed by atoms with Crippen molar-refractivity contribution in [3.8, 4) is 11.6 Å². The number of aryl methyl sites for hydroxylation is 1. The van der Waals surface area contributed by atoms with Gasteiger partial charge in [-0.25, -0.2) is 13.5 Å². The first-order valence-electron chi connectivity index (χ1n) is 8.24. The number of ether oxygens (including phenoxy) is 2. The molecule has 0 bridgehead atoms. The van der Waals surface area contributed by atoms with Gasteiger partial charge < -0.3 is 14.8 Å². The molecular formula is C17H16F2IN3O3. The molecule has 1 unspecified atom stereocenters. The van der Waals surface area contributed by atoms with Crippen LogP contribution in [0.1, 0.15) is 22.5 Å². The number of amides is 1. The molecule has 6 nitrogen and oxygen atoms in total. The van der Waals surface area contributed by atoms with E-state index in [-0.39, 0.29) is 29.9 Å². The predicted octanol–water partition coefficient (Wildman–Crippen LogP) is 2.64. The van der Waals surface area contributed by atoms with Crippen LogP contribution >= 0.6 is 22.6 Å². The summed E-state index contributed by atoms with van der Waals surface area (Å²) in [7, 11) is 0. The standard InChI is InChI=1S/C17H16F2IN3O3/c18-16(19)14-3-4-23-15(26-14)7-12(22-23)17(24)21-11-6-9-5-10(20)1-2-13(9)25-8-11/h1-2,5,7,11,14,16H,3-4,6,8H2,(H,21,24)/t11-,14?/m1/s1. The number of nitrogens with zero attached hydrogens (tertiary/aromatic N) is 2. The van der Waals surface area contributed by atoms with Crippen molar-refractivity contribution < 1.29 is 23.0 Å². The minimum atomic E-state index is -2.56. The highest BCUT2D eigenvalue weighted by Gasteiger charge is 2.30. The van der Waals surface area contributed by atoms with Gasteiger partial charge in [-0.15, -0.1) is 0 Å². The summed E-state index contributed by atoms with van der Waals surface area (Å²) < 4.78 is 39.0. The molecule has 0 saturated heterocycles. The molecule has 9 heteroatoms. The molecule has 2 atom stereocenters. The topological polar surface area (TPSA) is 65.4 Å². The first-order valence-corrected chi connectivity index (χ1v) is 9.32. The molecule has 1 amide bonds. The molecule has 0 radical (unpaired) electrons. The van der Waals surface area contributed by atoms with Gasteiger partial charge in [0.25, 0.3) is 12.3 Å². The van der Waals surface area contributed by atoms with Gasteiger partial charge in [-0.05, 0) is 52.8 Å². The predicted molar refractivity (Wildman–Crippen MR) is 96.9 cm³/mol. The lowest BCUT2D eigenvalue weighted by Gasteiger charge is -2.26. The van der Waals surface area contributed by atoms with Crippen molar-refractivity contribution in [2.45, 2.75) is 38.0 Å². The molecule has 2 aromatic rings. The van der Waals surface area contributed by atoms with E-state index in [1.807, 2.05) is 18.2 Å². The van der Waals surface area contributed by atoms with Gasteiger partial charge in [-0.3, -0.25) is 4.79 Å². The molecule has 26 heavy (non-hydrogen) atoms. The normalized spacial score (nSPS) is 21.4. The van der Waals surface area contributed by atoms with E-state index in [0.29, 0.717) is 19.6 Å². The van der Waals surface area contributed by atoms with Crippen LogP contribution in [0, 0.1) is 3.57 Å². The largest absolute Gasteiger partial charge is 0.491 e. The molecule has 1 N–H and O–H groups in total. The average molecular weight is 475 g/mol. The Morgan fingerprint density at radius 1 is 1.38 bits per heavy atom. The zero-order valence-corrected chi connectivity index (χ0v) is 15.8. The maximum absolute atomic E-state index is 12.8. The van der Waals surface area contributed by atoms with E-state index in [1.54, 1.807) is 0 Å². The summed E-state index contributed by atoms with van der Waals surface area (Å²) in [6.07, 6.45) is -2.88. The highest BCUT2D eigenvalue weighted by molar-refractivity contribution is 14.1. The van der Waals surface area contributed by atoms with Gasteiger partial charge >= 0.3 is 0 Å². The molecule has 0 saturated carbocycles. The van der Waals surface area contributed by atoms with Crippen molar-refractivity contribution in [3.63, 3.8) is 0 Å².